The van der Waals surface area contributed by atoms with Crippen LogP contribution in [0.15, 0.2) is 4.52 Å². The van der Waals surface area contributed by atoms with Crippen molar-refractivity contribution >= 4 is 5.78 Å². The fourth-order valence-corrected chi connectivity index (χ4v) is 2.38. The van der Waals surface area contributed by atoms with Crippen LogP contribution < -0.4 is 0 Å². The first-order valence-electron chi connectivity index (χ1n) is 6.17. The zero-order valence-electron chi connectivity index (χ0n) is 10.4. The first-order valence-corrected chi connectivity index (χ1v) is 6.17. The largest absolute Gasteiger partial charge is 0.367 e. The van der Waals surface area contributed by atoms with E-state index in [1.54, 1.807) is 0 Å². The molecule has 0 N–H and O–H groups in total. The van der Waals surface area contributed by atoms with E-state index in [2.05, 4.69) is 10.1 Å². The molecule has 1 saturated carbocycles. The maximum absolute atomic E-state index is 11.2. The number of ether oxygens (including phenoxy) is 1. The van der Waals surface area contributed by atoms with Gasteiger partial charge in [-0.2, -0.15) is 4.98 Å². The van der Waals surface area contributed by atoms with Gasteiger partial charge < -0.3 is 9.26 Å². The molecule has 0 amide bonds. The molecule has 0 bridgehead atoms. The van der Waals surface area contributed by atoms with E-state index in [0.717, 1.165) is 25.7 Å². The van der Waals surface area contributed by atoms with Gasteiger partial charge in [-0.15, -0.1) is 0 Å². The number of ketones is 1. The highest BCUT2D eigenvalue weighted by Crippen LogP contribution is 2.38. The summed E-state index contributed by atoms with van der Waals surface area (Å²) in [5, 5.41) is 3.92. The van der Waals surface area contributed by atoms with E-state index < -0.39 is 5.60 Å². The van der Waals surface area contributed by atoms with Gasteiger partial charge in [-0.05, 0) is 19.8 Å². The summed E-state index contributed by atoms with van der Waals surface area (Å²) in [6.07, 6.45) is 5.22. The van der Waals surface area contributed by atoms with E-state index in [-0.39, 0.29) is 11.7 Å². The van der Waals surface area contributed by atoms with Gasteiger partial charge in [0.25, 0.3) is 5.89 Å². The molecule has 5 nitrogen and oxygen atoms in total. The summed E-state index contributed by atoms with van der Waals surface area (Å²) >= 11 is 0. The topological polar surface area (TPSA) is 65.2 Å². The van der Waals surface area contributed by atoms with Crippen molar-refractivity contribution in [1.82, 2.24) is 10.1 Å². The lowest BCUT2D eigenvalue weighted by Gasteiger charge is -2.33. The molecule has 1 aromatic heterocycles. The Bertz CT molecular complexity index is 389. The normalized spacial score (nSPS) is 19.2. The third-order valence-corrected chi connectivity index (χ3v) is 3.22. The minimum Gasteiger partial charge on any atom is -0.367 e. The minimum atomic E-state index is -0.440. The average Bonchev–Trinajstić information content (AvgIpc) is 2.80. The Balaban J connectivity index is 2.27. The van der Waals surface area contributed by atoms with Gasteiger partial charge in [0.1, 0.15) is 5.60 Å². The molecule has 2 rings (SSSR count). The maximum Gasteiger partial charge on any atom is 0.293 e. The molecular formula is C12H18N2O3. The smallest absolute Gasteiger partial charge is 0.293 e. The molecule has 1 fully saturated rings. The molecule has 17 heavy (non-hydrogen) atoms. The zero-order chi connectivity index (χ0) is 12.3. The summed E-state index contributed by atoms with van der Waals surface area (Å²) < 4.78 is 10.8. The van der Waals surface area contributed by atoms with Crippen molar-refractivity contribution in [2.45, 2.75) is 51.6 Å². The lowest BCUT2D eigenvalue weighted by molar-refractivity contribution is -0.0777. The third kappa shape index (κ3) is 2.39. The van der Waals surface area contributed by atoms with Crippen molar-refractivity contribution in [2.75, 3.05) is 6.61 Å². The molecule has 0 atom stereocenters. The van der Waals surface area contributed by atoms with Crippen LogP contribution in [0.1, 0.15) is 62.5 Å². The summed E-state index contributed by atoms with van der Waals surface area (Å²) in [7, 11) is 0. The van der Waals surface area contributed by atoms with E-state index in [1.807, 2.05) is 6.92 Å². The monoisotopic (exact) mass is 238 g/mol. The van der Waals surface area contributed by atoms with E-state index >= 15 is 0 Å². The number of aromatic nitrogens is 2. The lowest BCUT2D eigenvalue weighted by Crippen LogP contribution is -2.33. The molecule has 0 radical (unpaired) electrons. The van der Waals surface area contributed by atoms with Gasteiger partial charge in [-0.1, -0.05) is 24.4 Å². The molecule has 1 aliphatic carbocycles. The summed E-state index contributed by atoms with van der Waals surface area (Å²) in [6, 6.07) is 0. The number of hydrogen-bond acceptors (Lipinski definition) is 5. The Hall–Kier alpha value is -1.23. The van der Waals surface area contributed by atoms with Crippen LogP contribution in [0.5, 0.6) is 0 Å². The van der Waals surface area contributed by atoms with Gasteiger partial charge in [-0.3, -0.25) is 4.79 Å². The molecule has 0 unspecified atom stereocenters. The van der Waals surface area contributed by atoms with Crippen LogP contribution in [0.3, 0.4) is 0 Å². The molecule has 0 aromatic carbocycles. The zero-order valence-corrected chi connectivity index (χ0v) is 10.4. The average molecular weight is 238 g/mol. The van der Waals surface area contributed by atoms with Gasteiger partial charge in [-0.25, -0.2) is 0 Å². The van der Waals surface area contributed by atoms with Crippen molar-refractivity contribution in [2.24, 2.45) is 0 Å². The maximum atomic E-state index is 11.2. The van der Waals surface area contributed by atoms with Crippen LogP contribution in [0, 0.1) is 0 Å². The molecule has 1 aliphatic rings. The van der Waals surface area contributed by atoms with Crippen molar-refractivity contribution in [3.8, 4) is 0 Å². The van der Waals surface area contributed by atoms with Crippen LogP contribution in [0.2, 0.25) is 0 Å². The van der Waals surface area contributed by atoms with E-state index in [9.17, 15) is 4.79 Å². The number of carbonyl (C=O) groups is 1. The highest BCUT2D eigenvalue weighted by Gasteiger charge is 2.39. The van der Waals surface area contributed by atoms with Crippen molar-refractivity contribution in [3.63, 3.8) is 0 Å². The van der Waals surface area contributed by atoms with Crippen LogP contribution >= 0.6 is 0 Å². The standard InChI is InChI=1S/C12H18N2O3/c1-3-16-12(7-5-4-6-8-12)11-13-10(9(2)15)17-14-11/h3-8H2,1-2H3. The number of hydrogen-bond donors (Lipinski definition) is 0. The Kier molecular flexibility index (Phi) is 3.57. The van der Waals surface area contributed by atoms with E-state index in [0.29, 0.717) is 12.4 Å². The van der Waals surface area contributed by atoms with Crippen LogP contribution in [-0.4, -0.2) is 22.5 Å². The molecule has 0 aliphatic heterocycles. The Morgan fingerprint density at radius 1 is 1.41 bits per heavy atom. The van der Waals surface area contributed by atoms with Gasteiger partial charge in [0.15, 0.2) is 0 Å². The van der Waals surface area contributed by atoms with Crippen LogP contribution in [-0.2, 0) is 10.3 Å². The van der Waals surface area contributed by atoms with Gasteiger partial charge >= 0.3 is 0 Å². The highest BCUT2D eigenvalue weighted by atomic mass is 16.5. The molecule has 1 aromatic rings. The first kappa shape index (κ1) is 12.2. The lowest BCUT2D eigenvalue weighted by atomic mass is 9.84. The summed E-state index contributed by atoms with van der Waals surface area (Å²) in [4.78, 5) is 15.3. The number of nitrogens with zero attached hydrogens (tertiary/aromatic N) is 2. The number of carbonyl (C=O) groups excluding carboxylic acids is 1. The SMILES string of the molecule is CCOC1(c2noc(C(C)=O)n2)CCCCC1. The Labute approximate surface area is 101 Å². The molecule has 1 heterocycles. The second-order valence-electron chi connectivity index (χ2n) is 4.47. The Morgan fingerprint density at radius 2 is 2.12 bits per heavy atom. The summed E-state index contributed by atoms with van der Waals surface area (Å²) in [6.45, 7) is 4.00. The van der Waals surface area contributed by atoms with Crippen molar-refractivity contribution < 1.29 is 14.1 Å². The van der Waals surface area contributed by atoms with E-state index in [4.69, 9.17) is 9.26 Å². The Morgan fingerprint density at radius 3 is 2.65 bits per heavy atom. The van der Waals surface area contributed by atoms with Crippen molar-refractivity contribution in [3.05, 3.63) is 11.7 Å². The highest BCUT2D eigenvalue weighted by molar-refractivity contribution is 5.89. The van der Waals surface area contributed by atoms with Gasteiger partial charge in [0, 0.05) is 13.5 Å². The molecule has 94 valence electrons. The predicted molar refractivity (Wildman–Crippen MR) is 60.7 cm³/mol. The van der Waals surface area contributed by atoms with Gasteiger partial charge in [0.05, 0.1) is 0 Å². The quantitative estimate of drug-likeness (QED) is 0.754. The van der Waals surface area contributed by atoms with Crippen LogP contribution in [0.25, 0.3) is 0 Å². The van der Waals surface area contributed by atoms with E-state index in [1.165, 1.54) is 13.3 Å². The predicted octanol–water partition coefficient (Wildman–Crippen LogP) is 2.47. The fourth-order valence-electron chi connectivity index (χ4n) is 2.38. The third-order valence-electron chi connectivity index (χ3n) is 3.22. The second kappa shape index (κ2) is 4.96. The minimum absolute atomic E-state index is 0.0738. The molecule has 0 saturated heterocycles. The van der Waals surface area contributed by atoms with Crippen molar-refractivity contribution in [1.29, 1.82) is 0 Å². The van der Waals surface area contributed by atoms with Gasteiger partial charge in [0.2, 0.25) is 11.6 Å². The number of Topliss-reactive ketones (excluding diaryl/α,β-unsaturated/α-hetero) is 1. The second-order valence-corrected chi connectivity index (χ2v) is 4.47. The molecular weight excluding hydrogens is 220 g/mol. The first-order chi connectivity index (χ1) is 8.18. The number of rotatable bonds is 4. The molecule has 5 heteroatoms. The molecule has 0 spiro atoms. The fraction of sp³-hybridized carbons (Fsp3) is 0.750. The summed E-state index contributed by atoms with van der Waals surface area (Å²) in [5.41, 5.74) is -0.440. The van der Waals surface area contributed by atoms with Crippen LogP contribution in [0.4, 0.5) is 0 Å². The summed E-state index contributed by atoms with van der Waals surface area (Å²) in [5.74, 6) is 0.403.